The number of carboxylic acid groups (broad SMARTS) is 2. The second-order valence-electron chi connectivity index (χ2n) is 4.03. The minimum atomic E-state index is -1.57. The Morgan fingerprint density at radius 1 is 1.19 bits per heavy atom. The molecule has 0 saturated heterocycles. The molecule has 1 rings (SSSR count). The Kier molecular flexibility index (Phi) is 5.24. The molecule has 0 spiro atoms. The molecular weight excluding hydrogens is 282 g/mol. The highest BCUT2D eigenvalue weighted by molar-refractivity contribution is 5.97. The molecule has 1 aromatic rings. The van der Waals surface area contributed by atoms with E-state index in [2.05, 4.69) is 5.32 Å². The summed E-state index contributed by atoms with van der Waals surface area (Å²) in [6.07, 6.45) is -0.760. The van der Waals surface area contributed by atoms with Gasteiger partial charge in [-0.25, -0.2) is 9.59 Å². The van der Waals surface area contributed by atoms with Crippen LogP contribution in [0.15, 0.2) is 24.3 Å². The largest absolute Gasteiger partial charge is 0.481 e. The second kappa shape index (κ2) is 6.89. The molecule has 9 nitrogen and oxygen atoms in total. The van der Waals surface area contributed by atoms with Crippen molar-refractivity contribution in [3.8, 4) is 0 Å². The number of carboxylic acids is 2. The van der Waals surface area contributed by atoms with Crippen LogP contribution in [0.3, 0.4) is 0 Å². The molecule has 1 unspecified atom stereocenters. The van der Waals surface area contributed by atoms with Crippen molar-refractivity contribution in [2.75, 3.05) is 5.32 Å². The van der Waals surface area contributed by atoms with Gasteiger partial charge in [0.2, 0.25) is 5.91 Å². The van der Waals surface area contributed by atoms with Crippen LogP contribution in [0.5, 0.6) is 0 Å². The fraction of sp³-hybridized carbons (Fsp3) is 0.167. The summed E-state index contributed by atoms with van der Waals surface area (Å²) in [6, 6.07) is 3.19. The Hall–Kier alpha value is -3.10. The molecule has 0 heterocycles. The highest BCUT2D eigenvalue weighted by atomic mass is 16.4. The van der Waals surface area contributed by atoms with Gasteiger partial charge in [0.25, 0.3) is 0 Å². The number of nitrogens with one attached hydrogen (secondary N) is 2. The van der Waals surface area contributed by atoms with E-state index in [1.54, 1.807) is 0 Å². The molecule has 21 heavy (non-hydrogen) atoms. The topological polar surface area (TPSA) is 159 Å². The zero-order valence-electron chi connectivity index (χ0n) is 10.7. The molecule has 3 amide bonds. The maximum atomic E-state index is 11.6. The monoisotopic (exact) mass is 295 g/mol. The second-order valence-corrected chi connectivity index (χ2v) is 4.03. The van der Waals surface area contributed by atoms with Gasteiger partial charge in [-0.2, -0.15) is 0 Å². The molecule has 0 aromatic heterocycles. The molecule has 0 aliphatic rings. The minimum Gasteiger partial charge on any atom is -0.481 e. The van der Waals surface area contributed by atoms with E-state index in [0.29, 0.717) is 0 Å². The molecule has 6 N–H and O–H groups in total. The summed E-state index contributed by atoms with van der Waals surface area (Å²) in [5.74, 6) is -3.52. The van der Waals surface area contributed by atoms with Crippen LogP contribution in [-0.4, -0.2) is 40.1 Å². The SMILES string of the molecule is NC(=O)c1cccc(NC(=O)NC(CC(=O)O)C(=O)O)c1. The summed E-state index contributed by atoms with van der Waals surface area (Å²) in [5, 5.41) is 21.6. The fourth-order valence-electron chi connectivity index (χ4n) is 1.45. The van der Waals surface area contributed by atoms with Gasteiger partial charge in [0.05, 0.1) is 6.42 Å². The van der Waals surface area contributed by atoms with E-state index in [1.165, 1.54) is 24.3 Å². The predicted molar refractivity (Wildman–Crippen MR) is 70.8 cm³/mol. The van der Waals surface area contributed by atoms with E-state index in [1.807, 2.05) is 5.32 Å². The van der Waals surface area contributed by atoms with Crippen LogP contribution < -0.4 is 16.4 Å². The third-order valence-electron chi connectivity index (χ3n) is 2.39. The normalized spacial score (nSPS) is 11.2. The number of carbonyl (C=O) groups is 4. The van der Waals surface area contributed by atoms with E-state index in [9.17, 15) is 19.2 Å². The van der Waals surface area contributed by atoms with E-state index < -0.39 is 36.3 Å². The average molecular weight is 295 g/mol. The number of aliphatic carboxylic acids is 2. The molecule has 1 aromatic carbocycles. The summed E-state index contributed by atoms with van der Waals surface area (Å²) in [4.78, 5) is 43.9. The van der Waals surface area contributed by atoms with Gasteiger partial charge in [0, 0.05) is 11.3 Å². The zero-order chi connectivity index (χ0) is 16.0. The van der Waals surface area contributed by atoms with Crippen LogP contribution in [-0.2, 0) is 9.59 Å². The summed E-state index contributed by atoms with van der Waals surface area (Å²) in [6.45, 7) is 0. The van der Waals surface area contributed by atoms with Crippen molar-refractivity contribution in [2.45, 2.75) is 12.5 Å². The van der Waals surface area contributed by atoms with Crippen LogP contribution >= 0.6 is 0 Å². The summed E-state index contributed by atoms with van der Waals surface area (Å²) in [5.41, 5.74) is 5.45. The average Bonchev–Trinajstić information content (AvgIpc) is 2.37. The first kappa shape index (κ1) is 16.0. The van der Waals surface area contributed by atoms with Crippen LogP contribution in [0.25, 0.3) is 0 Å². The molecule has 112 valence electrons. The van der Waals surface area contributed by atoms with Crippen LogP contribution in [0, 0.1) is 0 Å². The Labute approximate surface area is 118 Å². The van der Waals surface area contributed by atoms with Gasteiger partial charge in [0.1, 0.15) is 6.04 Å². The number of anilines is 1. The van der Waals surface area contributed by atoms with Gasteiger partial charge in [-0.05, 0) is 18.2 Å². The Morgan fingerprint density at radius 3 is 2.38 bits per heavy atom. The lowest BCUT2D eigenvalue weighted by Crippen LogP contribution is -2.44. The molecule has 0 aliphatic heterocycles. The number of nitrogens with two attached hydrogens (primary N) is 1. The Morgan fingerprint density at radius 2 is 1.86 bits per heavy atom. The smallest absolute Gasteiger partial charge is 0.326 e. The third kappa shape index (κ3) is 5.19. The molecule has 0 saturated carbocycles. The number of hydrogen-bond donors (Lipinski definition) is 5. The van der Waals surface area contributed by atoms with Crippen molar-refractivity contribution in [3.05, 3.63) is 29.8 Å². The van der Waals surface area contributed by atoms with Gasteiger partial charge in [-0.15, -0.1) is 0 Å². The third-order valence-corrected chi connectivity index (χ3v) is 2.39. The number of amides is 3. The lowest BCUT2D eigenvalue weighted by Gasteiger charge is -2.13. The van der Waals surface area contributed by atoms with Gasteiger partial charge in [0.15, 0.2) is 0 Å². The van der Waals surface area contributed by atoms with Gasteiger partial charge in [-0.3, -0.25) is 9.59 Å². The Balaban J connectivity index is 2.72. The van der Waals surface area contributed by atoms with E-state index in [0.717, 1.165) is 0 Å². The maximum Gasteiger partial charge on any atom is 0.326 e. The van der Waals surface area contributed by atoms with Gasteiger partial charge >= 0.3 is 18.0 Å². The van der Waals surface area contributed by atoms with Crippen molar-refractivity contribution >= 4 is 29.6 Å². The van der Waals surface area contributed by atoms with Crippen molar-refractivity contribution in [3.63, 3.8) is 0 Å². The highest BCUT2D eigenvalue weighted by Crippen LogP contribution is 2.10. The molecule has 9 heteroatoms. The number of carbonyl (C=O) groups excluding carboxylic acids is 2. The molecule has 0 aliphatic carbocycles. The first-order chi connectivity index (χ1) is 9.79. The predicted octanol–water partition coefficient (Wildman–Crippen LogP) is -0.165. The quantitative estimate of drug-likeness (QED) is 0.490. The van der Waals surface area contributed by atoms with Crippen molar-refractivity contribution in [1.82, 2.24) is 5.32 Å². The van der Waals surface area contributed by atoms with Crippen molar-refractivity contribution in [1.29, 1.82) is 0 Å². The van der Waals surface area contributed by atoms with Crippen molar-refractivity contribution in [2.24, 2.45) is 5.73 Å². The van der Waals surface area contributed by atoms with Crippen LogP contribution in [0.2, 0.25) is 0 Å². The van der Waals surface area contributed by atoms with Crippen LogP contribution in [0.1, 0.15) is 16.8 Å². The summed E-state index contributed by atoms with van der Waals surface area (Å²) in [7, 11) is 0. The Bertz CT molecular complexity index is 586. The first-order valence-corrected chi connectivity index (χ1v) is 5.71. The number of rotatable bonds is 6. The summed E-state index contributed by atoms with van der Waals surface area (Å²) >= 11 is 0. The fourth-order valence-corrected chi connectivity index (χ4v) is 1.45. The van der Waals surface area contributed by atoms with Crippen molar-refractivity contribution < 1.29 is 29.4 Å². The van der Waals surface area contributed by atoms with Crippen LogP contribution in [0.4, 0.5) is 10.5 Å². The van der Waals surface area contributed by atoms with E-state index in [-0.39, 0.29) is 11.3 Å². The molecule has 0 bridgehead atoms. The van der Waals surface area contributed by atoms with E-state index in [4.69, 9.17) is 15.9 Å². The molecular formula is C12H13N3O6. The lowest BCUT2D eigenvalue weighted by atomic mass is 10.2. The van der Waals surface area contributed by atoms with Gasteiger partial charge < -0.3 is 26.6 Å². The minimum absolute atomic E-state index is 0.160. The number of hydrogen-bond acceptors (Lipinski definition) is 4. The molecule has 1 atom stereocenters. The zero-order valence-corrected chi connectivity index (χ0v) is 10.7. The van der Waals surface area contributed by atoms with E-state index >= 15 is 0 Å². The molecule has 0 radical (unpaired) electrons. The first-order valence-electron chi connectivity index (χ1n) is 5.71. The number of primary amides is 1. The number of benzene rings is 1. The molecule has 0 fully saturated rings. The number of urea groups is 1. The lowest BCUT2D eigenvalue weighted by molar-refractivity contribution is -0.145. The standard InChI is InChI=1S/C12H13N3O6/c13-10(18)6-2-1-3-7(4-6)14-12(21)15-8(11(19)20)5-9(16)17/h1-4,8H,5H2,(H2,13,18)(H,16,17)(H,19,20)(H2,14,15,21). The summed E-state index contributed by atoms with van der Waals surface area (Å²) < 4.78 is 0. The highest BCUT2D eigenvalue weighted by Gasteiger charge is 2.23. The van der Waals surface area contributed by atoms with Gasteiger partial charge in [-0.1, -0.05) is 6.07 Å². The maximum absolute atomic E-state index is 11.6.